The highest BCUT2D eigenvalue weighted by Gasteiger charge is 2.13. The van der Waals surface area contributed by atoms with Crippen molar-refractivity contribution in [1.82, 2.24) is 4.90 Å². The number of hydrogen-bond acceptors (Lipinski definition) is 4. The Kier molecular flexibility index (Phi) is 4.98. The van der Waals surface area contributed by atoms with Gasteiger partial charge in [-0.3, -0.25) is 4.79 Å². The molecule has 1 aromatic carbocycles. The van der Waals surface area contributed by atoms with Crippen LogP contribution in [0.3, 0.4) is 0 Å². The van der Waals surface area contributed by atoms with Crippen molar-refractivity contribution in [3.63, 3.8) is 0 Å². The van der Waals surface area contributed by atoms with Gasteiger partial charge in [0, 0.05) is 24.0 Å². The number of ether oxygens (including phenoxy) is 2. The van der Waals surface area contributed by atoms with E-state index in [1.165, 1.54) is 4.88 Å². The number of carbonyl (C=O) groups excluding carboxylic acids is 1. The first-order valence-electron chi connectivity index (χ1n) is 7.65. The van der Waals surface area contributed by atoms with Gasteiger partial charge in [0.15, 0.2) is 11.5 Å². The van der Waals surface area contributed by atoms with Gasteiger partial charge in [-0.1, -0.05) is 12.1 Å². The van der Waals surface area contributed by atoms with Gasteiger partial charge in [0.05, 0.1) is 0 Å². The van der Waals surface area contributed by atoms with Gasteiger partial charge in [-0.05, 0) is 48.6 Å². The van der Waals surface area contributed by atoms with E-state index in [0.717, 1.165) is 30.0 Å². The van der Waals surface area contributed by atoms with E-state index < -0.39 is 0 Å². The van der Waals surface area contributed by atoms with Gasteiger partial charge in [-0.2, -0.15) is 0 Å². The standard InChI is InChI=1S/C18H19NO3S/c1-2-19(10-9-15-4-3-11-23-15)18(20)8-6-14-5-7-16-17(12-14)22-13-21-16/h3-8,11-12H,2,9-10,13H2,1H3. The van der Waals surface area contributed by atoms with Crippen molar-refractivity contribution in [2.45, 2.75) is 13.3 Å². The smallest absolute Gasteiger partial charge is 0.246 e. The van der Waals surface area contributed by atoms with Crippen LogP contribution in [0, 0.1) is 0 Å². The van der Waals surface area contributed by atoms with Crippen molar-refractivity contribution in [3.8, 4) is 11.5 Å². The minimum Gasteiger partial charge on any atom is -0.454 e. The zero-order valence-electron chi connectivity index (χ0n) is 13.0. The average molecular weight is 329 g/mol. The molecule has 2 heterocycles. The Hall–Kier alpha value is -2.27. The third-order valence-corrected chi connectivity index (χ3v) is 4.65. The fourth-order valence-corrected chi connectivity index (χ4v) is 3.11. The van der Waals surface area contributed by atoms with Crippen LogP contribution in [0.15, 0.2) is 41.8 Å². The number of hydrogen-bond donors (Lipinski definition) is 0. The number of rotatable bonds is 6. The Bertz CT molecular complexity index is 694. The number of benzene rings is 1. The molecule has 5 heteroatoms. The van der Waals surface area contributed by atoms with Gasteiger partial charge < -0.3 is 14.4 Å². The maximum absolute atomic E-state index is 12.3. The number of fused-ring (bicyclic) bond motifs is 1. The summed E-state index contributed by atoms with van der Waals surface area (Å²) < 4.78 is 10.6. The first-order valence-corrected chi connectivity index (χ1v) is 8.53. The van der Waals surface area contributed by atoms with Crippen LogP contribution in [0.2, 0.25) is 0 Å². The molecule has 120 valence electrons. The van der Waals surface area contributed by atoms with Gasteiger partial charge in [-0.25, -0.2) is 0 Å². The van der Waals surface area contributed by atoms with Gasteiger partial charge in [0.25, 0.3) is 0 Å². The topological polar surface area (TPSA) is 38.8 Å². The first kappa shape index (κ1) is 15.6. The summed E-state index contributed by atoms with van der Waals surface area (Å²) in [5, 5.41) is 2.06. The highest BCUT2D eigenvalue weighted by atomic mass is 32.1. The summed E-state index contributed by atoms with van der Waals surface area (Å²) in [6.45, 7) is 3.70. The minimum absolute atomic E-state index is 0.0294. The normalized spacial score (nSPS) is 12.7. The van der Waals surface area contributed by atoms with E-state index in [0.29, 0.717) is 6.54 Å². The lowest BCUT2D eigenvalue weighted by Crippen LogP contribution is -2.31. The second-order valence-electron chi connectivity index (χ2n) is 5.19. The summed E-state index contributed by atoms with van der Waals surface area (Å²) in [4.78, 5) is 15.5. The lowest BCUT2D eigenvalue weighted by atomic mass is 10.2. The predicted molar refractivity (Wildman–Crippen MR) is 91.9 cm³/mol. The SMILES string of the molecule is CCN(CCc1cccs1)C(=O)C=Cc1ccc2c(c1)OCO2. The van der Waals surface area contributed by atoms with E-state index in [1.54, 1.807) is 17.4 Å². The highest BCUT2D eigenvalue weighted by Crippen LogP contribution is 2.32. The molecule has 1 aliphatic heterocycles. The summed E-state index contributed by atoms with van der Waals surface area (Å²) in [5.74, 6) is 1.51. The highest BCUT2D eigenvalue weighted by molar-refractivity contribution is 7.09. The largest absolute Gasteiger partial charge is 0.454 e. The summed E-state index contributed by atoms with van der Waals surface area (Å²) in [7, 11) is 0. The first-order chi connectivity index (χ1) is 11.3. The molecule has 0 unspecified atom stereocenters. The molecule has 0 atom stereocenters. The van der Waals surface area contributed by atoms with Crippen molar-refractivity contribution in [2.75, 3.05) is 19.9 Å². The molecule has 0 radical (unpaired) electrons. The van der Waals surface area contributed by atoms with Gasteiger partial charge in [0.2, 0.25) is 12.7 Å². The van der Waals surface area contributed by atoms with Crippen molar-refractivity contribution in [1.29, 1.82) is 0 Å². The molecule has 1 amide bonds. The molecule has 23 heavy (non-hydrogen) atoms. The zero-order chi connectivity index (χ0) is 16.1. The van der Waals surface area contributed by atoms with Crippen LogP contribution in [0.5, 0.6) is 11.5 Å². The zero-order valence-corrected chi connectivity index (χ0v) is 13.8. The molecule has 4 nitrogen and oxygen atoms in total. The van der Waals surface area contributed by atoms with E-state index >= 15 is 0 Å². The predicted octanol–water partition coefficient (Wildman–Crippen LogP) is 3.58. The van der Waals surface area contributed by atoms with E-state index in [4.69, 9.17) is 9.47 Å². The molecular weight excluding hydrogens is 310 g/mol. The summed E-state index contributed by atoms with van der Waals surface area (Å²) in [6, 6.07) is 9.80. The van der Waals surface area contributed by atoms with Crippen molar-refractivity contribution in [3.05, 3.63) is 52.2 Å². The average Bonchev–Trinajstić information content (AvgIpc) is 3.24. The molecule has 0 aliphatic carbocycles. The second-order valence-corrected chi connectivity index (χ2v) is 6.23. The summed E-state index contributed by atoms with van der Waals surface area (Å²) in [5.41, 5.74) is 0.928. The molecule has 1 aromatic heterocycles. The van der Waals surface area contributed by atoms with Gasteiger partial charge in [0.1, 0.15) is 0 Å². The summed E-state index contributed by atoms with van der Waals surface area (Å²) >= 11 is 1.73. The van der Waals surface area contributed by atoms with Crippen LogP contribution in [0.4, 0.5) is 0 Å². The van der Waals surface area contributed by atoms with Crippen molar-refractivity contribution < 1.29 is 14.3 Å². The Morgan fingerprint density at radius 2 is 2.17 bits per heavy atom. The number of nitrogens with zero attached hydrogens (tertiary/aromatic N) is 1. The Morgan fingerprint density at radius 1 is 1.30 bits per heavy atom. The fraction of sp³-hybridized carbons (Fsp3) is 0.278. The van der Waals surface area contributed by atoms with Crippen LogP contribution < -0.4 is 9.47 Å². The molecule has 2 aromatic rings. The lowest BCUT2D eigenvalue weighted by molar-refractivity contribution is -0.125. The third kappa shape index (κ3) is 3.93. The molecule has 0 spiro atoms. The maximum Gasteiger partial charge on any atom is 0.246 e. The molecule has 1 aliphatic rings. The van der Waals surface area contributed by atoms with Crippen LogP contribution in [-0.4, -0.2) is 30.7 Å². The van der Waals surface area contributed by atoms with E-state index in [2.05, 4.69) is 11.4 Å². The van der Waals surface area contributed by atoms with E-state index in [9.17, 15) is 4.79 Å². The molecule has 0 N–H and O–H groups in total. The number of amides is 1. The second kappa shape index (κ2) is 7.33. The lowest BCUT2D eigenvalue weighted by Gasteiger charge is -2.18. The number of carbonyl (C=O) groups is 1. The van der Waals surface area contributed by atoms with Crippen LogP contribution in [0.1, 0.15) is 17.4 Å². The number of thiophene rings is 1. The molecule has 3 rings (SSSR count). The Morgan fingerprint density at radius 3 is 2.96 bits per heavy atom. The van der Waals surface area contributed by atoms with Gasteiger partial charge in [-0.15, -0.1) is 11.3 Å². The fourth-order valence-electron chi connectivity index (χ4n) is 2.41. The van der Waals surface area contributed by atoms with E-state index in [-0.39, 0.29) is 12.7 Å². The van der Waals surface area contributed by atoms with Crippen LogP contribution in [0.25, 0.3) is 6.08 Å². The molecule has 0 fully saturated rings. The Balaban J connectivity index is 1.59. The molecular formula is C18H19NO3S. The third-order valence-electron chi connectivity index (χ3n) is 3.72. The van der Waals surface area contributed by atoms with Crippen molar-refractivity contribution in [2.24, 2.45) is 0 Å². The molecule has 0 saturated carbocycles. The molecule has 0 bridgehead atoms. The van der Waals surface area contributed by atoms with E-state index in [1.807, 2.05) is 42.2 Å². The maximum atomic E-state index is 12.3. The number of likely N-dealkylation sites (N-methyl/N-ethyl adjacent to an activating group) is 1. The summed E-state index contributed by atoms with van der Waals surface area (Å²) in [6.07, 6.45) is 4.34. The monoisotopic (exact) mass is 329 g/mol. The van der Waals surface area contributed by atoms with Gasteiger partial charge >= 0.3 is 0 Å². The van der Waals surface area contributed by atoms with Crippen molar-refractivity contribution >= 4 is 23.3 Å². The van der Waals surface area contributed by atoms with Crippen LogP contribution in [-0.2, 0) is 11.2 Å². The Labute approximate surface area is 140 Å². The molecule has 0 saturated heterocycles. The quantitative estimate of drug-likeness (QED) is 0.760. The minimum atomic E-state index is 0.0294. The van der Waals surface area contributed by atoms with Crippen LogP contribution >= 0.6 is 11.3 Å².